The fourth-order valence-corrected chi connectivity index (χ4v) is 7.47. The van der Waals surface area contributed by atoms with Gasteiger partial charge in [-0.2, -0.15) is 5.26 Å². The number of nitriles is 1. The first kappa shape index (κ1) is 27.0. The van der Waals surface area contributed by atoms with Crippen molar-refractivity contribution in [2.75, 3.05) is 0 Å². The highest BCUT2D eigenvalue weighted by Crippen LogP contribution is 2.40. The number of nitrogens with zero attached hydrogens (tertiary/aromatic N) is 3. The van der Waals surface area contributed by atoms with Gasteiger partial charge in [0, 0.05) is 43.9 Å². The Morgan fingerprint density at radius 3 is 1.40 bits per heavy atom. The average molecular weight is 600 g/mol. The van der Waals surface area contributed by atoms with E-state index in [0.717, 1.165) is 50.2 Å². The third kappa shape index (κ3) is 4.06. The molecule has 9 aromatic rings. The lowest BCUT2D eigenvalue weighted by Crippen LogP contribution is -2.00. The van der Waals surface area contributed by atoms with Gasteiger partial charge in [-0.15, -0.1) is 0 Å². The van der Waals surface area contributed by atoms with Crippen molar-refractivity contribution in [2.45, 2.75) is 6.92 Å². The van der Waals surface area contributed by atoms with Gasteiger partial charge in [-0.3, -0.25) is 0 Å². The second-order valence-corrected chi connectivity index (χ2v) is 12.1. The van der Waals surface area contributed by atoms with Crippen molar-refractivity contribution in [1.29, 1.82) is 5.26 Å². The molecule has 9 rings (SSSR count). The number of hydrogen-bond donors (Lipinski definition) is 0. The van der Waals surface area contributed by atoms with Crippen LogP contribution in [0.2, 0.25) is 0 Å². The SMILES string of the molecule is Cc1cc(-c2cccc(-c3ccccc3-n3c4ccccc4c4ccccc43)c2C#N)ccc1-n1c2ccccc2c2ccccc21. The van der Waals surface area contributed by atoms with Crippen molar-refractivity contribution in [3.05, 3.63) is 169 Å². The topological polar surface area (TPSA) is 33.6 Å². The van der Waals surface area contributed by atoms with Gasteiger partial charge in [-0.25, -0.2) is 0 Å². The van der Waals surface area contributed by atoms with E-state index in [0.29, 0.717) is 5.56 Å². The number of rotatable bonds is 4. The minimum Gasteiger partial charge on any atom is -0.309 e. The van der Waals surface area contributed by atoms with Gasteiger partial charge in [0.15, 0.2) is 0 Å². The van der Waals surface area contributed by atoms with E-state index in [4.69, 9.17) is 0 Å². The molecule has 0 N–H and O–H groups in total. The van der Waals surface area contributed by atoms with Crippen molar-refractivity contribution in [3.8, 4) is 39.7 Å². The molecule has 3 nitrogen and oxygen atoms in total. The van der Waals surface area contributed by atoms with E-state index in [2.05, 4.69) is 180 Å². The lowest BCUT2D eigenvalue weighted by Gasteiger charge is -2.17. The third-order valence-corrected chi connectivity index (χ3v) is 9.52. The van der Waals surface area contributed by atoms with Crippen LogP contribution in [0.1, 0.15) is 11.1 Å². The first-order valence-electron chi connectivity index (χ1n) is 15.9. The molecule has 0 fully saturated rings. The molecule has 7 aromatic carbocycles. The molecule has 2 heterocycles. The normalized spacial score (nSPS) is 11.5. The maximum absolute atomic E-state index is 10.7. The highest BCUT2D eigenvalue weighted by molar-refractivity contribution is 6.10. The molecule has 47 heavy (non-hydrogen) atoms. The van der Waals surface area contributed by atoms with Crippen LogP contribution in [0.15, 0.2) is 158 Å². The zero-order chi connectivity index (χ0) is 31.5. The van der Waals surface area contributed by atoms with E-state index >= 15 is 0 Å². The Hall–Kier alpha value is -6.37. The zero-order valence-corrected chi connectivity index (χ0v) is 25.9. The van der Waals surface area contributed by atoms with Crippen LogP contribution in [0, 0.1) is 18.3 Å². The zero-order valence-electron chi connectivity index (χ0n) is 25.9. The molecule has 0 saturated heterocycles. The molecular formula is C44H29N3. The van der Waals surface area contributed by atoms with Gasteiger partial charge >= 0.3 is 0 Å². The monoisotopic (exact) mass is 599 g/mol. The lowest BCUT2D eigenvalue weighted by molar-refractivity contribution is 1.15. The van der Waals surface area contributed by atoms with Crippen LogP contribution in [-0.4, -0.2) is 9.13 Å². The summed E-state index contributed by atoms with van der Waals surface area (Å²) in [6.45, 7) is 2.16. The number of aromatic nitrogens is 2. The first-order valence-corrected chi connectivity index (χ1v) is 15.9. The molecule has 2 aromatic heterocycles. The molecule has 0 aliphatic rings. The smallest absolute Gasteiger partial charge is 0.100 e. The first-order chi connectivity index (χ1) is 23.2. The summed E-state index contributed by atoms with van der Waals surface area (Å²) in [5.41, 5.74) is 12.6. The van der Waals surface area contributed by atoms with Crippen molar-refractivity contribution in [3.63, 3.8) is 0 Å². The Bertz CT molecular complexity index is 2610. The minimum absolute atomic E-state index is 0.671. The predicted molar refractivity (Wildman–Crippen MR) is 195 cm³/mol. The second-order valence-electron chi connectivity index (χ2n) is 12.1. The third-order valence-electron chi connectivity index (χ3n) is 9.52. The molecule has 0 saturated carbocycles. The Kier molecular flexibility index (Phi) is 6.10. The Morgan fingerprint density at radius 1 is 0.426 bits per heavy atom. The fraction of sp³-hybridized carbons (Fsp3) is 0.0227. The van der Waals surface area contributed by atoms with Crippen LogP contribution < -0.4 is 0 Å². The van der Waals surface area contributed by atoms with Crippen molar-refractivity contribution >= 4 is 43.6 Å². The van der Waals surface area contributed by atoms with E-state index in [1.54, 1.807) is 0 Å². The summed E-state index contributed by atoms with van der Waals surface area (Å²) in [6.07, 6.45) is 0. The number of aryl methyl sites for hydroxylation is 1. The molecule has 0 radical (unpaired) electrons. The average Bonchev–Trinajstić information content (AvgIpc) is 3.64. The van der Waals surface area contributed by atoms with Gasteiger partial charge in [-0.05, 0) is 60.5 Å². The van der Waals surface area contributed by atoms with Gasteiger partial charge in [0.25, 0.3) is 0 Å². The van der Waals surface area contributed by atoms with Crippen molar-refractivity contribution < 1.29 is 0 Å². The summed E-state index contributed by atoms with van der Waals surface area (Å²) in [6, 6.07) is 58.1. The minimum atomic E-state index is 0.671. The maximum Gasteiger partial charge on any atom is 0.100 e. The molecule has 0 aliphatic heterocycles. The van der Waals surface area contributed by atoms with Crippen molar-refractivity contribution in [1.82, 2.24) is 9.13 Å². The second kappa shape index (κ2) is 10.6. The highest BCUT2D eigenvalue weighted by atomic mass is 15.0. The summed E-state index contributed by atoms with van der Waals surface area (Å²) in [5.74, 6) is 0. The largest absolute Gasteiger partial charge is 0.309 e. The molecule has 0 spiro atoms. The summed E-state index contributed by atoms with van der Waals surface area (Å²) in [7, 11) is 0. The summed E-state index contributed by atoms with van der Waals surface area (Å²) >= 11 is 0. The molecule has 0 amide bonds. The van der Waals surface area contributed by atoms with Gasteiger partial charge < -0.3 is 9.13 Å². The molecule has 0 aliphatic carbocycles. The van der Waals surface area contributed by atoms with Gasteiger partial charge in [0.05, 0.1) is 33.3 Å². The quantitative estimate of drug-likeness (QED) is 0.198. The summed E-state index contributed by atoms with van der Waals surface area (Å²) < 4.78 is 4.69. The molecule has 0 unspecified atom stereocenters. The van der Waals surface area contributed by atoms with Crippen LogP contribution in [0.3, 0.4) is 0 Å². The summed E-state index contributed by atoms with van der Waals surface area (Å²) in [5, 5.41) is 15.7. The number of fused-ring (bicyclic) bond motifs is 6. The van der Waals surface area contributed by atoms with Gasteiger partial charge in [-0.1, -0.05) is 115 Å². The Morgan fingerprint density at radius 2 is 0.872 bits per heavy atom. The van der Waals surface area contributed by atoms with E-state index in [1.807, 2.05) is 0 Å². The maximum atomic E-state index is 10.7. The predicted octanol–water partition coefficient (Wildman–Crippen LogP) is 11.4. The highest BCUT2D eigenvalue weighted by Gasteiger charge is 2.19. The molecular weight excluding hydrogens is 571 g/mol. The Labute approximate surface area is 272 Å². The number of benzene rings is 7. The molecule has 0 bridgehead atoms. The van der Waals surface area contributed by atoms with Crippen molar-refractivity contribution in [2.24, 2.45) is 0 Å². The summed E-state index contributed by atoms with van der Waals surface area (Å²) in [4.78, 5) is 0. The molecule has 220 valence electrons. The Balaban J connectivity index is 1.22. The van der Waals surface area contributed by atoms with E-state index in [9.17, 15) is 5.26 Å². The lowest BCUT2D eigenvalue weighted by atomic mass is 9.91. The van der Waals surface area contributed by atoms with Crippen LogP contribution in [-0.2, 0) is 0 Å². The number of hydrogen-bond acceptors (Lipinski definition) is 1. The van der Waals surface area contributed by atoms with Gasteiger partial charge in [0.1, 0.15) is 6.07 Å². The standard InChI is InChI=1S/C44H29N3/c1-29-27-30(25-26-39(29)46-41-21-8-3-14-34(41)35-15-4-9-22-42(35)46)31-18-12-19-32(38(31)28-45)33-13-2-7-20-40(33)47-43-23-10-5-16-36(43)37-17-6-11-24-44(37)47/h2-27H,1H3. The molecule has 3 heteroatoms. The van der Waals surface area contributed by atoms with Gasteiger partial charge in [0.2, 0.25) is 0 Å². The van der Waals surface area contributed by atoms with E-state index < -0.39 is 0 Å². The number of para-hydroxylation sites is 5. The fourth-order valence-electron chi connectivity index (χ4n) is 7.47. The van der Waals surface area contributed by atoms with Crippen LogP contribution >= 0.6 is 0 Å². The van der Waals surface area contributed by atoms with E-state index in [-0.39, 0.29) is 0 Å². The van der Waals surface area contributed by atoms with Crippen LogP contribution in [0.5, 0.6) is 0 Å². The van der Waals surface area contributed by atoms with Crippen LogP contribution in [0.4, 0.5) is 0 Å². The molecule has 0 atom stereocenters. The van der Waals surface area contributed by atoms with Crippen LogP contribution in [0.25, 0.3) is 77.2 Å². The van der Waals surface area contributed by atoms with E-state index in [1.165, 1.54) is 32.6 Å².